The number of hydrogen-bond acceptors (Lipinski definition) is 2. The van der Waals surface area contributed by atoms with Crippen LogP contribution in [-0.4, -0.2) is 15.5 Å². The number of aromatic nitrogens is 2. The predicted octanol–water partition coefficient (Wildman–Crippen LogP) is 6.38. The van der Waals surface area contributed by atoms with Crippen molar-refractivity contribution in [1.29, 1.82) is 0 Å². The highest BCUT2D eigenvalue weighted by atomic mass is 35.5. The van der Waals surface area contributed by atoms with E-state index in [4.69, 9.17) is 16.6 Å². The van der Waals surface area contributed by atoms with Crippen molar-refractivity contribution in [3.8, 4) is 22.6 Å². The number of carbonyl (C=O) groups is 1. The van der Waals surface area contributed by atoms with E-state index in [9.17, 15) is 4.79 Å². The van der Waals surface area contributed by atoms with Gasteiger partial charge in [-0.15, -0.1) is 0 Å². The van der Waals surface area contributed by atoms with Gasteiger partial charge in [0.25, 0.3) is 5.91 Å². The van der Waals surface area contributed by atoms with Crippen molar-refractivity contribution in [3.63, 3.8) is 0 Å². The van der Waals surface area contributed by atoms with E-state index in [-0.39, 0.29) is 11.9 Å². The molecular formula is C26H24ClN3O. The molecular weight excluding hydrogens is 406 g/mol. The Bertz CT molecular complexity index is 1190. The summed E-state index contributed by atoms with van der Waals surface area (Å²) in [5.74, 6) is 0.596. The summed E-state index contributed by atoms with van der Waals surface area (Å²) in [4.78, 5) is 18.4. The summed E-state index contributed by atoms with van der Waals surface area (Å²) in [7, 11) is 0. The van der Waals surface area contributed by atoms with Crippen molar-refractivity contribution in [1.82, 2.24) is 14.9 Å². The van der Waals surface area contributed by atoms with Gasteiger partial charge in [-0.2, -0.15) is 0 Å². The van der Waals surface area contributed by atoms with Gasteiger partial charge in [0, 0.05) is 22.7 Å². The number of carbonyl (C=O) groups excluding carboxylic acids is 1. The Morgan fingerprint density at radius 3 is 2.26 bits per heavy atom. The first-order chi connectivity index (χ1) is 15.1. The minimum atomic E-state index is -0.164. The van der Waals surface area contributed by atoms with Crippen LogP contribution < -0.4 is 5.32 Å². The van der Waals surface area contributed by atoms with Gasteiger partial charge in [0.05, 0.1) is 6.04 Å². The lowest BCUT2D eigenvalue weighted by molar-refractivity contribution is 0.0931. The first-order valence-electron chi connectivity index (χ1n) is 10.4. The van der Waals surface area contributed by atoms with Crippen LogP contribution in [0.25, 0.3) is 22.6 Å². The van der Waals surface area contributed by atoms with Crippen LogP contribution in [0.4, 0.5) is 0 Å². The number of amides is 1. The number of halogens is 1. The first-order valence-corrected chi connectivity index (χ1v) is 10.7. The Morgan fingerprint density at radius 2 is 1.61 bits per heavy atom. The normalized spacial score (nSPS) is 11.8. The molecule has 5 heteroatoms. The van der Waals surface area contributed by atoms with Crippen LogP contribution in [-0.2, 0) is 6.54 Å². The lowest BCUT2D eigenvalue weighted by atomic mass is 10.1. The Morgan fingerprint density at radius 1 is 0.968 bits per heavy atom. The molecule has 0 saturated heterocycles. The van der Waals surface area contributed by atoms with Gasteiger partial charge in [-0.25, -0.2) is 4.98 Å². The maximum absolute atomic E-state index is 13.5. The van der Waals surface area contributed by atoms with Gasteiger partial charge >= 0.3 is 0 Å². The average Bonchev–Trinajstić information content (AvgIpc) is 3.20. The fraction of sp³-hybridized carbons (Fsp3) is 0.154. The smallest absolute Gasteiger partial charge is 0.270 e. The third-order valence-electron chi connectivity index (χ3n) is 5.28. The van der Waals surface area contributed by atoms with Crippen LogP contribution in [0.2, 0.25) is 5.02 Å². The van der Waals surface area contributed by atoms with E-state index in [1.165, 1.54) is 0 Å². The van der Waals surface area contributed by atoms with E-state index in [0.717, 1.165) is 22.5 Å². The lowest BCUT2D eigenvalue weighted by Gasteiger charge is -2.16. The molecule has 0 aliphatic rings. The van der Waals surface area contributed by atoms with Crippen LogP contribution in [0.3, 0.4) is 0 Å². The third kappa shape index (κ3) is 4.39. The SMILES string of the molecule is CCn1c(-c2ccccc2)nc(-c2cccc(Cl)c2)c1C(=O)NC(C)c1ccccc1. The summed E-state index contributed by atoms with van der Waals surface area (Å²) in [6, 6.07) is 27.2. The van der Waals surface area contributed by atoms with E-state index in [1.54, 1.807) is 0 Å². The third-order valence-corrected chi connectivity index (χ3v) is 5.51. The van der Waals surface area contributed by atoms with Gasteiger partial charge in [0.1, 0.15) is 17.2 Å². The van der Waals surface area contributed by atoms with Crippen LogP contribution in [0.5, 0.6) is 0 Å². The molecule has 1 atom stereocenters. The number of imidazole rings is 1. The average molecular weight is 430 g/mol. The van der Waals surface area contributed by atoms with Crippen molar-refractivity contribution in [2.45, 2.75) is 26.4 Å². The molecule has 0 saturated carbocycles. The Balaban J connectivity index is 1.82. The molecule has 4 nitrogen and oxygen atoms in total. The molecule has 1 heterocycles. The van der Waals surface area contributed by atoms with Gasteiger partial charge in [0.15, 0.2) is 0 Å². The van der Waals surface area contributed by atoms with E-state index < -0.39 is 0 Å². The van der Waals surface area contributed by atoms with Crippen LogP contribution in [0, 0.1) is 0 Å². The number of hydrogen-bond donors (Lipinski definition) is 1. The quantitative estimate of drug-likeness (QED) is 0.386. The summed E-state index contributed by atoms with van der Waals surface area (Å²) in [5.41, 5.74) is 3.98. The van der Waals surface area contributed by atoms with Crippen LogP contribution >= 0.6 is 11.6 Å². The zero-order chi connectivity index (χ0) is 21.8. The maximum atomic E-state index is 13.5. The summed E-state index contributed by atoms with van der Waals surface area (Å²) < 4.78 is 1.97. The lowest BCUT2D eigenvalue weighted by Crippen LogP contribution is -2.29. The standard InChI is InChI=1S/C26H24ClN3O/c1-3-30-24(26(31)28-18(2)19-11-6-4-7-12-19)23(21-15-10-16-22(27)17-21)29-25(30)20-13-8-5-9-14-20/h4-18H,3H2,1-2H3,(H,28,31). The molecule has 156 valence electrons. The summed E-state index contributed by atoms with van der Waals surface area (Å²) in [6.07, 6.45) is 0. The molecule has 4 rings (SSSR count). The van der Waals surface area contributed by atoms with Gasteiger partial charge in [-0.1, -0.05) is 84.4 Å². The van der Waals surface area contributed by atoms with Crippen molar-refractivity contribution >= 4 is 17.5 Å². The largest absolute Gasteiger partial charge is 0.344 e. The molecule has 0 radical (unpaired) electrons. The second kappa shape index (κ2) is 9.19. The fourth-order valence-corrected chi connectivity index (χ4v) is 3.92. The molecule has 31 heavy (non-hydrogen) atoms. The van der Waals surface area contributed by atoms with E-state index in [1.807, 2.05) is 103 Å². The fourth-order valence-electron chi connectivity index (χ4n) is 3.73. The molecule has 1 aromatic heterocycles. The summed E-state index contributed by atoms with van der Waals surface area (Å²) in [6.45, 7) is 4.62. The van der Waals surface area contributed by atoms with Crippen molar-refractivity contribution < 1.29 is 4.79 Å². The number of nitrogens with one attached hydrogen (secondary N) is 1. The zero-order valence-electron chi connectivity index (χ0n) is 17.5. The van der Waals surface area contributed by atoms with Crippen LogP contribution in [0.15, 0.2) is 84.9 Å². The molecule has 4 aromatic rings. The molecule has 0 spiro atoms. The minimum absolute atomic E-state index is 0.138. The van der Waals surface area contributed by atoms with Gasteiger partial charge < -0.3 is 9.88 Å². The van der Waals surface area contributed by atoms with Crippen molar-refractivity contribution in [3.05, 3.63) is 101 Å². The topological polar surface area (TPSA) is 46.9 Å². The first kappa shape index (κ1) is 20.9. The van der Waals surface area contributed by atoms with Crippen LogP contribution in [0.1, 0.15) is 35.9 Å². The summed E-state index contributed by atoms with van der Waals surface area (Å²) >= 11 is 6.25. The molecule has 1 unspecified atom stereocenters. The molecule has 1 N–H and O–H groups in total. The monoisotopic (exact) mass is 429 g/mol. The maximum Gasteiger partial charge on any atom is 0.270 e. The number of nitrogens with zero attached hydrogens (tertiary/aromatic N) is 2. The highest BCUT2D eigenvalue weighted by molar-refractivity contribution is 6.30. The second-order valence-electron chi connectivity index (χ2n) is 7.36. The molecule has 3 aromatic carbocycles. The zero-order valence-corrected chi connectivity index (χ0v) is 18.3. The number of benzene rings is 3. The van der Waals surface area contributed by atoms with E-state index in [2.05, 4.69) is 5.32 Å². The van der Waals surface area contributed by atoms with E-state index in [0.29, 0.717) is 23.0 Å². The molecule has 1 amide bonds. The second-order valence-corrected chi connectivity index (χ2v) is 7.80. The molecule has 0 aliphatic heterocycles. The number of rotatable bonds is 6. The van der Waals surface area contributed by atoms with Crippen molar-refractivity contribution in [2.24, 2.45) is 0 Å². The Kier molecular flexibility index (Phi) is 6.19. The Hall–Kier alpha value is -3.37. The molecule has 0 aliphatic carbocycles. The van der Waals surface area contributed by atoms with Gasteiger partial charge in [0.2, 0.25) is 0 Å². The highest BCUT2D eigenvalue weighted by Crippen LogP contribution is 2.31. The Labute approximate surface area is 187 Å². The van der Waals surface area contributed by atoms with Crippen molar-refractivity contribution in [2.75, 3.05) is 0 Å². The predicted molar refractivity (Wildman–Crippen MR) is 126 cm³/mol. The van der Waals surface area contributed by atoms with Gasteiger partial charge in [-0.3, -0.25) is 4.79 Å². The van der Waals surface area contributed by atoms with E-state index >= 15 is 0 Å². The molecule has 0 bridgehead atoms. The highest BCUT2D eigenvalue weighted by Gasteiger charge is 2.25. The minimum Gasteiger partial charge on any atom is -0.344 e. The van der Waals surface area contributed by atoms with Gasteiger partial charge in [-0.05, 0) is 31.5 Å². The summed E-state index contributed by atoms with van der Waals surface area (Å²) in [5, 5.41) is 3.75. The molecule has 0 fully saturated rings.